The summed E-state index contributed by atoms with van der Waals surface area (Å²) >= 11 is 0. The highest BCUT2D eigenvalue weighted by molar-refractivity contribution is 5.94. The van der Waals surface area contributed by atoms with Crippen molar-refractivity contribution >= 4 is 5.91 Å². The van der Waals surface area contributed by atoms with Gasteiger partial charge < -0.3 is 4.90 Å². The SMILES string of the molecule is CC1CCN(C(=O)c2cc(F)c(F)c(F)c2)CC1C. The van der Waals surface area contributed by atoms with Gasteiger partial charge in [0.05, 0.1) is 0 Å². The molecule has 1 aliphatic rings. The molecule has 2 unspecified atom stereocenters. The number of halogens is 3. The lowest BCUT2D eigenvalue weighted by Gasteiger charge is -2.35. The molecule has 1 aromatic carbocycles. The number of carbonyl (C=O) groups excluding carboxylic acids is 1. The molecule has 1 aromatic rings. The molecule has 5 heteroatoms. The molecule has 1 saturated heterocycles. The summed E-state index contributed by atoms with van der Waals surface area (Å²) < 4.78 is 39.1. The highest BCUT2D eigenvalue weighted by Gasteiger charge is 2.27. The van der Waals surface area contributed by atoms with Crippen molar-refractivity contribution in [3.8, 4) is 0 Å². The molecule has 1 heterocycles. The van der Waals surface area contributed by atoms with Crippen LogP contribution >= 0.6 is 0 Å². The summed E-state index contributed by atoms with van der Waals surface area (Å²) in [5.74, 6) is -3.80. The Labute approximate surface area is 110 Å². The molecule has 1 fully saturated rings. The summed E-state index contributed by atoms with van der Waals surface area (Å²) in [6, 6.07) is 1.51. The Morgan fingerprint density at radius 1 is 1.16 bits per heavy atom. The topological polar surface area (TPSA) is 20.3 Å². The van der Waals surface area contributed by atoms with Crippen LogP contribution in [0.15, 0.2) is 12.1 Å². The van der Waals surface area contributed by atoms with Crippen molar-refractivity contribution in [2.24, 2.45) is 11.8 Å². The van der Waals surface area contributed by atoms with Gasteiger partial charge in [-0.25, -0.2) is 13.2 Å². The Hall–Kier alpha value is -1.52. The molecule has 2 nitrogen and oxygen atoms in total. The van der Waals surface area contributed by atoms with Crippen LogP contribution in [0, 0.1) is 29.3 Å². The van der Waals surface area contributed by atoms with Crippen LogP contribution in [0.4, 0.5) is 13.2 Å². The predicted octanol–water partition coefficient (Wildman–Crippen LogP) is 3.22. The molecule has 0 saturated carbocycles. The maximum atomic E-state index is 13.1. The van der Waals surface area contributed by atoms with E-state index in [9.17, 15) is 18.0 Å². The first-order chi connectivity index (χ1) is 8.90. The van der Waals surface area contributed by atoms with Gasteiger partial charge in [-0.2, -0.15) is 0 Å². The van der Waals surface area contributed by atoms with Gasteiger partial charge in [0.25, 0.3) is 5.91 Å². The third-order valence-corrected chi connectivity index (χ3v) is 3.85. The molecule has 0 radical (unpaired) electrons. The second kappa shape index (κ2) is 5.23. The molecular formula is C14H16F3NO. The molecule has 19 heavy (non-hydrogen) atoms. The molecule has 1 amide bonds. The van der Waals surface area contributed by atoms with E-state index in [1.54, 1.807) is 4.90 Å². The van der Waals surface area contributed by atoms with E-state index in [1.165, 1.54) is 0 Å². The van der Waals surface area contributed by atoms with Gasteiger partial charge in [-0.05, 0) is 30.4 Å². The second-order valence-corrected chi connectivity index (χ2v) is 5.25. The van der Waals surface area contributed by atoms with Crippen LogP contribution in [0.2, 0.25) is 0 Å². The molecule has 1 aliphatic heterocycles. The van der Waals surface area contributed by atoms with E-state index in [0.717, 1.165) is 18.6 Å². The zero-order chi connectivity index (χ0) is 14.2. The van der Waals surface area contributed by atoms with Crippen molar-refractivity contribution in [1.82, 2.24) is 4.90 Å². The van der Waals surface area contributed by atoms with Gasteiger partial charge >= 0.3 is 0 Å². The first kappa shape index (κ1) is 13.9. The number of carbonyl (C=O) groups is 1. The number of hydrogen-bond acceptors (Lipinski definition) is 1. The predicted molar refractivity (Wildman–Crippen MR) is 65.2 cm³/mol. The van der Waals surface area contributed by atoms with Gasteiger partial charge in [-0.3, -0.25) is 4.79 Å². The Bertz CT molecular complexity index is 480. The molecule has 2 rings (SSSR count). The fourth-order valence-corrected chi connectivity index (χ4v) is 2.31. The molecule has 0 N–H and O–H groups in total. The molecule has 0 aliphatic carbocycles. The minimum atomic E-state index is -1.54. The summed E-state index contributed by atoms with van der Waals surface area (Å²) in [7, 11) is 0. The largest absolute Gasteiger partial charge is 0.338 e. The van der Waals surface area contributed by atoms with E-state index >= 15 is 0 Å². The first-order valence-electron chi connectivity index (χ1n) is 6.34. The minimum absolute atomic E-state index is 0.141. The van der Waals surface area contributed by atoms with Crippen LogP contribution in [-0.4, -0.2) is 23.9 Å². The van der Waals surface area contributed by atoms with Crippen LogP contribution in [-0.2, 0) is 0 Å². The van der Waals surface area contributed by atoms with Gasteiger partial charge in [0.15, 0.2) is 17.5 Å². The number of piperidine rings is 1. The van der Waals surface area contributed by atoms with Gasteiger partial charge in [0.1, 0.15) is 0 Å². The molecular weight excluding hydrogens is 255 g/mol. The summed E-state index contributed by atoms with van der Waals surface area (Å²) in [6.45, 7) is 5.27. The summed E-state index contributed by atoms with van der Waals surface area (Å²) in [5, 5.41) is 0. The summed E-state index contributed by atoms with van der Waals surface area (Å²) in [6.07, 6.45) is 0.860. The molecule has 2 atom stereocenters. The molecule has 0 aromatic heterocycles. The smallest absolute Gasteiger partial charge is 0.254 e. The first-order valence-corrected chi connectivity index (χ1v) is 6.34. The monoisotopic (exact) mass is 271 g/mol. The molecule has 104 valence electrons. The minimum Gasteiger partial charge on any atom is -0.338 e. The fourth-order valence-electron chi connectivity index (χ4n) is 2.31. The Kier molecular flexibility index (Phi) is 3.83. The van der Waals surface area contributed by atoms with Gasteiger partial charge in [0, 0.05) is 18.7 Å². The Balaban J connectivity index is 2.20. The van der Waals surface area contributed by atoms with Crippen molar-refractivity contribution in [1.29, 1.82) is 0 Å². The quantitative estimate of drug-likeness (QED) is 0.718. The van der Waals surface area contributed by atoms with E-state index in [0.29, 0.717) is 24.9 Å². The number of nitrogens with zero attached hydrogens (tertiary/aromatic N) is 1. The highest BCUT2D eigenvalue weighted by atomic mass is 19.2. The van der Waals surface area contributed by atoms with Crippen molar-refractivity contribution in [2.75, 3.05) is 13.1 Å². The summed E-state index contributed by atoms with van der Waals surface area (Å²) in [4.78, 5) is 13.7. The van der Waals surface area contributed by atoms with E-state index < -0.39 is 23.4 Å². The van der Waals surface area contributed by atoms with E-state index in [2.05, 4.69) is 6.92 Å². The standard InChI is InChI=1S/C14H16F3NO/c1-8-3-4-18(7-9(8)2)14(19)10-5-11(15)13(17)12(16)6-10/h5-6,8-9H,3-4,7H2,1-2H3. The molecule has 0 spiro atoms. The van der Waals surface area contributed by atoms with Crippen LogP contribution in [0.25, 0.3) is 0 Å². The Morgan fingerprint density at radius 3 is 2.26 bits per heavy atom. The van der Waals surface area contributed by atoms with Crippen molar-refractivity contribution < 1.29 is 18.0 Å². The zero-order valence-electron chi connectivity index (χ0n) is 10.9. The maximum Gasteiger partial charge on any atom is 0.254 e. The average Bonchev–Trinajstić information content (AvgIpc) is 2.37. The normalized spacial score (nSPS) is 23.5. The third-order valence-electron chi connectivity index (χ3n) is 3.85. The zero-order valence-corrected chi connectivity index (χ0v) is 10.9. The average molecular weight is 271 g/mol. The second-order valence-electron chi connectivity index (χ2n) is 5.25. The number of rotatable bonds is 1. The van der Waals surface area contributed by atoms with Gasteiger partial charge in [-0.15, -0.1) is 0 Å². The van der Waals surface area contributed by atoms with Gasteiger partial charge in [-0.1, -0.05) is 13.8 Å². The Morgan fingerprint density at radius 2 is 1.74 bits per heavy atom. The number of amides is 1. The lowest BCUT2D eigenvalue weighted by atomic mass is 9.88. The van der Waals surface area contributed by atoms with E-state index in [1.807, 2.05) is 6.92 Å². The maximum absolute atomic E-state index is 13.1. The van der Waals surface area contributed by atoms with Crippen molar-refractivity contribution in [3.63, 3.8) is 0 Å². The number of benzene rings is 1. The number of hydrogen-bond donors (Lipinski definition) is 0. The summed E-state index contributed by atoms with van der Waals surface area (Å²) in [5.41, 5.74) is -0.141. The van der Waals surface area contributed by atoms with Crippen LogP contribution < -0.4 is 0 Å². The molecule has 0 bridgehead atoms. The van der Waals surface area contributed by atoms with Crippen LogP contribution in [0.1, 0.15) is 30.6 Å². The van der Waals surface area contributed by atoms with E-state index in [-0.39, 0.29) is 5.56 Å². The van der Waals surface area contributed by atoms with Crippen LogP contribution in [0.3, 0.4) is 0 Å². The highest BCUT2D eigenvalue weighted by Crippen LogP contribution is 2.24. The lowest BCUT2D eigenvalue weighted by molar-refractivity contribution is 0.0626. The van der Waals surface area contributed by atoms with Crippen LogP contribution in [0.5, 0.6) is 0 Å². The fraction of sp³-hybridized carbons (Fsp3) is 0.500. The van der Waals surface area contributed by atoms with Crippen molar-refractivity contribution in [3.05, 3.63) is 35.1 Å². The van der Waals surface area contributed by atoms with E-state index in [4.69, 9.17) is 0 Å². The third kappa shape index (κ3) is 2.74. The number of likely N-dealkylation sites (tertiary alicyclic amines) is 1. The van der Waals surface area contributed by atoms with Gasteiger partial charge in [0.2, 0.25) is 0 Å². The lowest BCUT2D eigenvalue weighted by Crippen LogP contribution is -2.42. The van der Waals surface area contributed by atoms with Crippen molar-refractivity contribution in [2.45, 2.75) is 20.3 Å².